The lowest BCUT2D eigenvalue weighted by Crippen LogP contribution is -2.08. The van der Waals surface area contributed by atoms with Gasteiger partial charge in [-0.2, -0.15) is 10.1 Å². The van der Waals surface area contributed by atoms with Crippen LogP contribution in [0.25, 0.3) is 0 Å². The highest BCUT2D eigenvalue weighted by molar-refractivity contribution is 6.10. The van der Waals surface area contributed by atoms with Crippen LogP contribution in [0.4, 0.5) is 11.7 Å². The average Bonchev–Trinajstić information content (AvgIpc) is 3.06. The molecule has 110 valence electrons. The second kappa shape index (κ2) is 6.53. The van der Waals surface area contributed by atoms with Crippen LogP contribution in [0.2, 0.25) is 0 Å². The van der Waals surface area contributed by atoms with E-state index in [1.54, 1.807) is 7.05 Å². The number of para-hydroxylation sites is 1. The lowest BCUT2D eigenvalue weighted by Gasteiger charge is -2.04. The molecule has 0 radical (unpaired) electrons. The molecule has 0 saturated carbocycles. The van der Waals surface area contributed by atoms with Crippen LogP contribution < -0.4 is 10.7 Å². The van der Waals surface area contributed by atoms with Gasteiger partial charge in [-0.25, -0.2) is 0 Å². The fourth-order valence-electron chi connectivity index (χ4n) is 1.89. The molecule has 22 heavy (non-hydrogen) atoms. The van der Waals surface area contributed by atoms with Crippen LogP contribution in [0.3, 0.4) is 0 Å². The lowest BCUT2D eigenvalue weighted by molar-refractivity contribution is 0.430. The van der Waals surface area contributed by atoms with Crippen molar-refractivity contribution >= 4 is 17.4 Å². The Kier molecular flexibility index (Phi) is 4.10. The summed E-state index contributed by atoms with van der Waals surface area (Å²) in [5.41, 5.74) is 5.40. The number of anilines is 2. The van der Waals surface area contributed by atoms with Gasteiger partial charge < -0.3 is 9.84 Å². The minimum absolute atomic E-state index is 0.346. The zero-order valence-corrected chi connectivity index (χ0v) is 12.0. The molecule has 0 aliphatic carbocycles. The van der Waals surface area contributed by atoms with Gasteiger partial charge in [-0.05, 0) is 12.1 Å². The first-order valence-corrected chi connectivity index (χ1v) is 6.83. The molecule has 0 saturated heterocycles. The van der Waals surface area contributed by atoms with Crippen molar-refractivity contribution in [3.8, 4) is 0 Å². The third kappa shape index (κ3) is 3.12. The van der Waals surface area contributed by atoms with E-state index in [-0.39, 0.29) is 0 Å². The van der Waals surface area contributed by atoms with Crippen LogP contribution in [0.15, 0.2) is 70.3 Å². The first kappa shape index (κ1) is 13.8. The second-order valence-electron chi connectivity index (χ2n) is 4.48. The third-order valence-electron chi connectivity index (χ3n) is 2.97. The van der Waals surface area contributed by atoms with Gasteiger partial charge in [-0.15, -0.1) is 0 Å². The van der Waals surface area contributed by atoms with Gasteiger partial charge in [0, 0.05) is 12.6 Å². The molecule has 0 unspecified atom stereocenters. The maximum atomic E-state index is 5.09. The topological polar surface area (TPSA) is 75.3 Å². The van der Waals surface area contributed by atoms with Crippen molar-refractivity contribution in [3.63, 3.8) is 0 Å². The summed E-state index contributed by atoms with van der Waals surface area (Å²) in [7, 11) is 1.72. The van der Waals surface area contributed by atoms with Crippen LogP contribution in [0.1, 0.15) is 11.4 Å². The van der Waals surface area contributed by atoms with Crippen LogP contribution in [0.5, 0.6) is 0 Å². The van der Waals surface area contributed by atoms with Gasteiger partial charge in [0.05, 0.1) is 5.69 Å². The quantitative estimate of drug-likeness (QED) is 0.558. The molecule has 6 heteroatoms. The number of hydrogen-bond donors (Lipinski definition) is 2. The van der Waals surface area contributed by atoms with Gasteiger partial charge in [0.1, 0.15) is 5.71 Å². The fraction of sp³-hybridized carbons (Fsp3) is 0.0625. The number of hydrazone groups is 1. The predicted octanol–water partition coefficient (Wildman–Crippen LogP) is 2.98. The molecule has 2 N–H and O–H groups in total. The SMILES string of the molecule is CNc1nc(/C(=N\Nc2ccccc2)c2ccccc2)no1. The molecule has 0 aliphatic rings. The smallest absolute Gasteiger partial charge is 0.321 e. The van der Waals surface area contributed by atoms with Gasteiger partial charge in [0.25, 0.3) is 0 Å². The third-order valence-corrected chi connectivity index (χ3v) is 2.97. The number of benzene rings is 2. The Bertz CT molecular complexity index is 752. The molecule has 1 aromatic heterocycles. The number of rotatable bonds is 5. The summed E-state index contributed by atoms with van der Waals surface area (Å²) in [4.78, 5) is 4.26. The Labute approximate surface area is 127 Å². The van der Waals surface area contributed by atoms with Crippen LogP contribution in [0, 0.1) is 0 Å². The van der Waals surface area contributed by atoms with Crippen LogP contribution in [-0.4, -0.2) is 22.9 Å². The van der Waals surface area contributed by atoms with Crippen molar-refractivity contribution in [1.82, 2.24) is 10.1 Å². The second-order valence-corrected chi connectivity index (χ2v) is 4.48. The van der Waals surface area contributed by atoms with Crippen molar-refractivity contribution in [1.29, 1.82) is 0 Å². The van der Waals surface area contributed by atoms with E-state index in [2.05, 4.69) is 26.0 Å². The van der Waals surface area contributed by atoms with E-state index >= 15 is 0 Å². The molecule has 6 nitrogen and oxygen atoms in total. The van der Waals surface area contributed by atoms with E-state index in [9.17, 15) is 0 Å². The Hall–Kier alpha value is -3.15. The summed E-state index contributed by atoms with van der Waals surface area (Å²) in [5.74, 6) is 0.416. The summed E-state index contributed by atoms with van der Waals surface area (Å²) >= 11 is 0. The summed E-state index contributed by atoms with van der Waals surface area (Å²) in [6.45, 7) is 0. The number of hydrogen-bond acceptors (Lipinski definition) is 6. The highest BCUT2D eigenvalue weighted by atomic mass is 16.5. The highest BCUT2D eigenvalue weighted by Gasteiger charge is 2.14. The van der Waals surface area contributed by atoms with Gasteiger partial charge in [0.15, 0.2) is 0 Å². The van der Waals surface area contributed by atoms with Crippen LogP contribution in [-0.2, 0) is 0 Å². The maximum Gasteiger partial charge on any atom is 0.321 e. The molecule has 0 aliphatic heterocycles. The molecule has 3 rings (SSSR count). The Morgan fingerprint density at radius 2 is 1.68 bits per heavy atom. The minimum Gasteiger partial charge on any atom is -0.341 e. The Morgan fingerprint density at radius 3 is 2.32 bits per heavy atom. The van der Waals surface area contributed by atoms with Gasteiger partial charge in [0.2, 0.25) is 5.82 Å². The highest BCUT2D eigenvalue weighted by Crippen LogP contribution is 2.12. The van der Waals surface area contributed by atoms with Crippen molar-refractivity contribution < 1.29 is 4.52 Å². The monoisotopic (exact) mass is 293 g/mol. The Morgan fingerprint density at radius 1 is 1.00 bits per heavy atom. The van der Waals surface area contributed by atoms with Gasteiger partial charge >= 0.3 is 6.01 Å². The van der Waals surface area contributed by atoms with E-state index in [0.717, 1.165) is 11.3 Å². The van der Waals surface area contributed by atoms with Gasteiger partial charge in [-0.3, -0.25) is 5.43 Å². The molecule has 1 heterocycles. The van der Waals surface area contributed by atoms with E-state index < -0.39 is 0 Å². The summed E-state index contributed by atoms with van der Waals surface area (Å²) in [5, 5.41) is 11.2. The first-order chi connectivity index (χ1) is 10.9. The molecule has 0 bridgehead atoms. The van der Waals surface area contributed by atoms with Gasteiger partial charge in [-0.1, -0.05) is 53.7 Å². The van der Waals surface area contributed by atoms with E-state index in [1.165, 1.54) is 0 Å². The Balaban J connectivity index is 1.96. The first-order valence-electron chi connectivity index (χ1n) is 6.83. The van der Waals surface area contributed by atoms with E-state index in [0.29, 0.717) is 17.6 Å². The lowest BCUT2D eigenvalue weighted by atomic mass is 10.1. The molecule has 2 aromatic carbocycles. The zero-order chi connectivity index (χ0) is 15.2. The standard InChI is InChI=1S/C16H15N5O/c1-17-16-18-15(21-22-16)14(12-8-4-2-5-9-12)20-19-13-10-6-3-7-11-13/h2-11,19H,1H3,(H,17,18,21)/b20-14-. The largest absolute Gasteiger partial charge is 0.341 e. The maximum absolute atomic E-state index is 5.09. The molecule has 0 amide bonds. The molecule has 0 fully saturated rings. The molecule has 0 spiro atoms. The zero-order valence-electron chi connectivity index (χ0n) is 12.0. The average molecular weight is 293 g/mol. The molecule has 3 aromatic rings. The number of nitrogens with zero attached hydrogens (tertiary/aromatic N) is 3. The van der Waals surface area contributed by atoms with E-state index in [4.69, 9.17) is 4.52 Å². The minimum atomic E-state index is 0.346. The van der Waals surface area contributed by atoms with Crippen molar-refractivity contribution in [2.75, 3.05) is 17.8 Å². The summed E-state index contributed by atoms with van der Waals surface area (Å²) in [6.07, 6.45) is 0. The summed E-state index contributed by atoms with van der Waals surface area (Å²) in [6, 6.07) is 19.7. The molecule has 0 atom stereocenters. The summed E-state index contributed by atoms with van der Waals surface area (Å²) < 4.78 is 5.09. The van der Waals surface area contributed by atoms with Crippen molar-refractivity contribution in [3.05, 3.63) is 72.1 Å². The number of nitrogens with one attached hydrogen (secondary N) is 2. The van der Waals surface area contributed by atoms with E-state index in [1.807, 2.05) is 60.7 Å². The number of aromatic nitrogens is 2. The van der Waals surface area contributed by atoms with Crippen molar-refractivity contribution in [2.24, 2.45) is 5.10 Å². The molecular formula is C16H15N5O. The normalized spacial score (nSPS) is 11.2. The van der Waals surface area contributed by atoms with Crippen LogP contribution >= 0.6 is 0 Å². The fourth-order valence-corrected chi connectivity index (χ4v) is 1.89. The van der Waals surface area contributed by atoms with Crippen molar-refractivity contribution in [2.45, 2.75) is 0 Å². The molecular weight excluding hydrogens is 278 g/mol. The predicted molar refractivity (Wildman–Crippen MR) is 86.0 cm³/mol.